The Hall–Kier alpha value is -2.68. The van der Waals surface area contributed by atoms with Gasteiger partial charge < -0.3 is 4.74 Å². The van der Waals surface area contributed by atoms with Gasteiger partial charge in [0.2, 0.25) is 0 Å². The van der Waals surface area contributed by atoms with Crippen molar-refractivity contribution in [2.75, 3.05) is 7.11 Å². The summed E-state index contributed by atoms with van der Waals surface area (Å²) in [6.07, 6.45) is 0. The molecular formula is C17H14N2O. The van der Waals surface area contributed by atoms with Crippen molar-refractivity contribution in [2.45, 2.75) is 0 Å². The van der Waals surface area contributed by atoms with Gasteiger partial charge in [0.15, 0.2) is 0 Å². The molecule has 1 heterocycles. The summed E-state index contributed by atoms with van der Waals surface area (Å²) in [5, 5.41) is 8.63. The monoisotopic (exact) mass is 262 g/mol. The summed E-state index contributed by atoms with van der Waals surface area (Å²) >= 11 is 0. The predicted octanol–water partition coefficient (Wildman–Crippen LogP) is 3.82. The molecule has 0 saturated carbocycles. The summed E-state index contributed by atoms with van der Waals surface area (Å²) in [6.45, 7) is 0. The first kappa shape index (κ1) is 12.4. The van der Waals surface area contributed by atoms with Crippen molar-refractivity contribution in [1.29, 1.82) is 0 Å². The van der Waals surface area contributed by atoms with Crippen molar-refractivity contribution in [2.24, 2.45) is 0 Å². The normalized spacial score (nSPS) is 10.2. The first-order chi connectivity index (χ1) is 9.88. The predicted molar refractivity (Wildman–Crippen MR) is 79.5 cm³/mol. The summed E-state index contributed by atoms with van der Waals surface area (Å²) in [5.74, 6) is 0.727. The molecule has 0 unspecified atom stereocenters. The molecule has 0 aliphatic carbocycles. The van der Waals surface area contributed by atoms with Gasteiger partial charge in [-0.15, -0.1) is 10.2 Å². The molecule has 0 spiro atoms. The zero-order valence-corrected chi connectivity index (χ0v) is 11.2. The summed E-state index contributed by atoms with van der Waals surface area (Å²) in [4.78, 5) is 0. The lowest BCUT2D eigenvalue weighted by atomic mass is 10.1. The number of methoxy groups -OCH3 is 1. The molecule has 0 fully saturated rings. The standard InChI is InChI=1S/C17H14N2O/c1-20-16-12-15(13-8-4-2-5-9-13)18-19-17(16)14-10-6-3-7-11-14/h2-12H,1H3. The van der Waals surface area contributed by atoms with Crippen LogP contribution in [0.25, 0.3) is 22.5 Å². The third-order valence-corrected chi connectivity index (χ3v) is 3.10. The zero-order valence-electron chi connectivity index (χ0n) is 11.2. The molecule has 3 nitrogen and oxygen atoms in total. The minimum atomic E-state index is 0.727. The molecule has 20 heavy (non-hydrogen) atoms. The minimum absolute atomic E-state index is 0.727. The molecule has 98 valence electrons. The molecule has 0 amide bonds. The second kappa shape index (κ2) is 5.53. The van der Waals surface area contributed by atoms with Crippen molar-refractivity contribution >= 4 is 0 Å². The van der Waals surface area contributed by atoms with Gasteiger partial charge in [-0.05, 0) is 0 Å². The van der Waals surface area contributed by atoms with E-state index < -0.39 is 0 Å². The van der Waals surface area contributed by atoms with Gasteiger partial charge in [0.05, 0.1) is 12.8 Å². The molecule has 0 radical (unpaired) electrons. The first-order valence-corrected chi connectivity index (χ1v) is 6.41. The fraction of sp³-hybridized carbons (Fsp3) is 0.0588. The van der Waals surface area contributed by atoms with Crippen LogP contribution in [-0.4, -0.2) is 17.3 Å². The highest BCUT2D eigenvalue weighted by Gasteiger charge is 2.10. The van der Waals surface area contributed by atoms with Gasteiger partial charge in [-0.3, -0.25) is 0 Å². The Morgan fingerprint density at radius 1 is 0.750 bits per heavy atom. The molecule has 0 saturated heterocycles. The number of hydrogen-bond acceptors (Lipinski definition) is 3. The molecule has 3 rings (SSSR count). The van der Waals surface area contributed by atoms with Gasteiger partial charge in [-0.1, -0.05) is 60.7 Å². The minimum Gasteiger partial charge on any atom is -0.494 e. The lowest BCUT2D eigenvalue weighted by molar-refractivity contribution is 0.414. The Balaban J connectivity index is 2.07. The number of benzene rings is 2. The molecule has 3 heteroatoms. The molecular weight excluding hydrogens is 248 g/mol. The maximum absolute atomic E-state index is 5.46. The van der Waals surface area contributed by atoms with Crippen molar-refractivity contribution < 1.29 is 4.74 Å². The highest BCUT2D eigenvalue weighted by molar-refractivity contribution is 5.69. The van der Waals surface area contributed by atoms with Crippen LogP contribution in [0.3, 0.4) is 0 Å². The molecule has 0 atom stereocenters. The Kier molecular flexibility index (Phi) is 3.42. The van der Waals surface area contributed by atoms with Crippen LogP contribution in [0.5, 0.6) is 5.75 Å². The number of aromatic nitrogens is 2. The maximum Gasteiger partial charge on any atom is 0.149 e. The molecule has 0 aliphatic rings. The Morgan fingerprint density at radius 3 is 1.95 bits per heavy atom. The first-order valence-electron chi connectivity index (χ1n) is 6.41. The second-order valence-electron chi connectivity index (χ2n) is 4.38. The number of nitrogens with zero attached hydrogens (tertiary/aromatic N) is 2. The van der Waals surface area contributed by atoms with Gasteiger partial charge in [0.25, 0.3) is 0 Å². The van der Waals surface area contributed by atoms with Gasteiger partial charge in [-0.25, -0.2) is 0 Å². The van der Waals surface area contributed by atoms with E-state index in [1.165, 1.54) is 0 Å². The maximum atomic E-state index is 5.46. The van der Waals surface area contributed by atoms with Crippen molar-refractivity contribution in [1.82, 2.24) is 10.2 Å². The fourth-order valence-electron chi connectivity index (χ4n) is 2.08. The van der Waals surface area contributed by atoms with E-state index in [2.05, 4.69) is 10.2 Å². The molecule has 0 aliphatic heterocycles. The van der Waals surface area contributed by atoms with Gasteiger partial charge >= 0.3 is 0 Å². The molecule has 3 aromatic rings. The van der Waals surface area contributed by atoms with E-state index in [1.807, 2.05) is 66.7 Å². The van der Waals surface area contributed by atoms with Gasteiger partial charge in [0.1, 0.15) is 11.4 Å². The summed E-state index contributed by atoms with van der Waals surface area (Å²) in [5.41, 5.74) is 3.59. The van der Waals surface area contributed by atoms with Crippen molar-refractivity contribution in [3.05, 3.63) is 66.7 Å². The van der Waals surface area contributed by atoms with Crippen LogP contribution in [0.4, 0.5) is 0 Å². The molecule has 0 N–H and O–H groups in total. The van der Waals surface area contributed by atoms with Crippen LogP contribution in [-0.2, 0) is 0 Å². The van der Waals surface area contributed by atoms with Crippen LogP contribution < -0.4 is 4.74 Å². The Bertz CT molecular complexity index is 697. The second-order valence-corrected chi connectivity index (χ2v) is 4.38. The van der Waals surface area contributed by atoms with E-state index in [0.717, 1.165) is 28.3 Å². The van der Waals surface area contributed by atoms with Crippen LogP contribution in [0.15, 0.2) is 66.7 Å². The van der Waals surface area contributed by atoms with E-state index in [1.54, 1.807) is 7.11 Å². The SMILES string of the molecule is COc1cc(-c2ccccc2)nnc1-c1ccccc1. The lowest BCUT2D eigenvalue weighted by Gasteiger charge is -2.08. The van der Waals surface area contributed by atoms with Gasteiger partial charge in [-0.2, -0.15) is 0 Å². The molecule has 1 aromatic heterocycles. The van der Waals surface area contributed by atoms with Crippen LogP contribution in [0.2, 0.25) is 0 Å². The summed E-state index contributed by atoms with van der Waals surface area (Å²) < 4.78 is 5.46. The Labute approximate surface area is 117 Å². The zero-order chi connectivity index (χ0) is 13.8. The number of rotatable bonds is 3. The van der Waals surface area contributed by atoms with E-state index in [9.17, 15) is 0 Å². The van der Waals surface area contributed by atoms with Crippen LogP contribution in [0.1, 0.15) is 0 Å². The fourth-order valence-corrected chi connectivity index (χ4v) is 2.08. The average molecular weight is 262 g/mol. The quantitative estimate of drug-likeness (QED) is 0.719. The summed E-state index contributed by atoms with van der Waals surface area (Å²) in [7, 11) is 1.65. The third kappa shape index (κ3) is 2.38. The average Bonchev–Trinajstić information content (AvgIpc) is 2.56. The topological polar surface area (TPSA) is 35.0 Å². The van der Waals surface area contributed by atoms with Crippen LogP contribution in [0, 0.1) is 0 Å². The molecule has 2 aromatic carbocycles. The van der Waals surface area contributed by atoms with Crippen LogP contribution >= 0.6 is 0 Å². The lowest BCUT2D eigenvalue weighted by Crippen LogP contribution is -1.96. The Morgan fingerprint density at radius 2 is 1.35 bits per heavy atom. The highest BCUT2D eigenvalue weighted by atomic mass is 16.5. The highest BCUT2D eigenvalue weighted by Crippen LogP contribution is 2.30. The van der Waals surface area contributed by atoms with E-state index in [-0.39, 0.29) is 0 Å². The smallest absolute Gasteiger partial charge is 0.149 e. The molecule has 0 bridgehead atoms. The number of hydrogen-bond donors (Lipinski definition) is 0. The number of ether oxygens (including phenoxy) is 1. The van der Waals surface area contributed by atoms with Gasteiger partial charge in [0, 0.05) is 17.2 Å². The largest absolute Gasteiger partial charge is 0.494 e. The van der Waals surface area contributed by atoms with Crippen molar-refractivity contribution in [3.8, 4) is 28.3 Å². The van der Waals surface area contributed by atoms with Crippen molar-refractivity contribution in [3.63, 3.8) is 0 Å². The summed E-state index contributed by atoms with van der Waals surface area (Å²) in [6, 6.07) is 21.8. The van der Waals surface area contributed by atoms with E-state index in [0.29, 0.717) is 0 Å². The van der Waals surface area contributed by atoms with E-state index >= 15 is 0 Å². The third-order valence-electron chi connectivity index (χ3n) is 3.10. The van der Waals surface area contributed by atoms with E-state index in [4.69, 9.17) is 4.74 Å².